The molecule has 2 aromatic carbocycles. The van der Waals surface area contributed by atoms with Crippen LogP contribution in [-0.4, -0.2) is 11.1 Å². The molecule has 2 aromatic rings. The summed E-state index contributed by atoms with van der Waals surface area (Å²) in [7, 11) is 0. The molecule has 2 rings (SSSR count). The Balaban J connectivity index is 2.45. The van der Waals surface area contributed by atoms with Crippen LogP contribution in [0.25, 0.3) is 0 Å². The van der Waals surface area contributed by atoms with Gasteiger partial charge in [-0.1, -0.05) is 60.1 Å². The van der Waals surface area contributed by atoms with Gasteiger partial charge in [0.15, 0.2) is 0 Å². The molecule has 0 saturated carbocycles. The zero-order valence-corrected chi connectivity index (χ0v) is 11.0. The van der Waals surface area contributed by atoms with Gasteiger partial charge in [0.05, 0.1) is 0 Å². The van der Waals surface area contributed by atoms with E-state index < -0.39 is 11.5 Å². The van der Waals surface area contributed by atoms with Crippen molar-refractivity contribution in [2.45, 2.75) is 12.0 Å². The molecule has 0 radical (unpaired) electrons. The van der Waals surface area contributed by atoms with E-state index in [9.17, 15) is 9.90 Å². The van der Waals surface area contributed by atoms with E-state index in [4.69, 9.17) is 17.3 Å². The van der Waals surface area contributed by atoms with Crippen LogP contribution in [-0.2, 0) is 16.8 Å². The van der Waals surface area contributed by atoms with Crippen molar-refractivity contribution in [3.8, 4) is 0 Å². The Bertz CT molecular complexity index is 586. The summed E-state index contributed by atoms with van der Waals surface area (Å²) in [4.78, 5) is 11.6. The first kappa shape index (κ1) is 13.6. The second kappa shape index (κ2) is 5.43. The van der Waals surface area contributed by atoms with E-state index in [0.717, 1.165) is 5.56 Å². The van der Waals surface area contributed by atoms with E-state index in [1.54, 1.807) is 24.3 Å². The number of nitrogens with two attached hydrogens (primary N) is 1. The van der Waals surface area contributed by atoms with E-state index in [1.807, 2.05) is 30.3 Å². The second-order valence-electron chi connectivity index (χ2n) is 4.42. The van der Waals surface area contributed by atoms with Crippen LogP contribution in [0, 0.1) is 0 Å². The smallest absolute Gasteiger partial charge is 0.328 e. The number of hydrogen-bond donors (Lipinski definition) is 2. The van der Waals surface area contributed by atoms with E-state index in [-0.39, 0.29) is 6.42 Å². The van der Waals surface area contributed by atoms with Crippen molar-refractivity contribution in [3.63, 3.8) is 0 Å². The van der Waals surface area contributed by atoms with Crippen LogP contribution in [0.5, 0.6) is 0 Å². The maximum absolute atomic E-state index is 11.6. The van der Waals surface area contributed by atoms with Crippen LogP contribution < -0.4 is 5.73 Å². The molecule has 3 nitrogen and oxygen atoms in total. The van der Waals surface area contributed by atoms with E-state index in [2.05, 4.69) is 0 Å². The fraction of sp³-hybridized carbons (Fsp3) is 0.133. The number of rotatable bonds is 4. The maximum atomic E-state index is 11.6. The lowest BCUT2D eigenvalue weighted by molar-refractivity contribution is -0.143. The molecule has 0 bridgehead atoms. The summed E-state index contributed by atoms with van der Waals surface area (Å²) in [6.07, 6.45) is 0.187. The van der Waals surface area contributed by atoms with Gasteiger partial charge in [0.2, 0.25) is 0 Å². The minimum absolute atomic E-state index is 0.187. The van der Waals surface area contributed by atoms with Crippen LogP contribution in [0.3, 0.4) is 0 Å². The highest BCUT2D eigenvalue weighted by Gasteiger charge is 2.37. The van der Waals surface area contributed by atoms with Crippen LogP contribution in [0.1, 0.15) is 11.1 Å². The Hall–Kier alpha value is -1.84. The minimum atomic E-state index is -1.53. The number of aliphatic carboxylic acids is 1. The maximum Gasteiger partial charge on any atom is 0.328 e. The number of benzene rings is 2. The monoisotopic (exact) mass is 275 g/mol. The van der Waals surface area contributed by atoms with Crippen molar-refractivity contribution in [2.75, 3.05) is 0 Å². The second-order valence-corrected chi connectivity index (χ2v) is 4.83. The van der Waals surface area contributed by atoms with E-state index in [1.165, 1.54) is 0 Å². The van der Waals surface area contributed by atoms with Crippen molar-refractivity contribution < 1.29 is 9.90 Å². The molecule has 0 aliphatic rings. The minimum Gasteiger partial charge on any atom is -0.480 e. The molecule has 1 atom stereocenters. The van der Waals surface area contributed by atoms with Crippen LogP contribution in [0.2, 0.25) is 5.02 Å². The van der Waals surface area contributed by atoms with Crippen molar-refractivity contribution in [2.24, 2.45) is 5.73 Å². The number of carboxylic acid groups (broad SMARTS) is 1. The van der Waals surface area contributed by atoms with Crippen LogP contribution in [0.15, 0.2) is 54.6 Å². The Morgan fingerprint density at radius 2 is 1.68 bits per heavy atom. The average Bonchev–Trinajstić information content (AvgIpc) is 2.40. The lowest BCUT2D eigenvalue weighted by atomic mass is 9.85. The number of hydrogen-bond acceptors (Lipinski definition) is 2. The third-order valence-electron chi connectivity index (χ3n) is 3.06. The fourth-order valence-electron chi connectivity index (χ4n) is 2.03. The van der Waals surface area contributed by atoms with Gasteiger partial charge in [-0.15, -0.1) is 0 Å². The molecular formula is C15H14ClNO2. The molecule has 19 heavy (non-hydrogen) atoms. The molecule has 3 N–H and O–H groups in total. The Morgan fingerprint density at radius 1 is 1.11 bits per heavy atom. The van der Waals surface area contributed by atoms with Crippen LogP contribution in [0.4, 0.5) is 0 Å². The molecule has 0 fully saturated rings. The Morgan fingerprint density at radius 3 is 2.26 bits per heavy atom. The highest BCUT2D eigenvalue weighted by molar-refractivity contribution is 6.31. The zero-order valence-electron chi connectivity index (χ0n) is 10.2. The van der Waals surface area contributed by atoms with Gasteiger partial charge in [0.1, 0.15) is 5.54 Å². The van der Waals surface area contributed by atoms with Crippen LogP contribution >= 0.6 is 11.6 Å². The highest BCUT2D eigenvalue weighted by atomic mass is 35.5. The standard InChI is InChI=1S/C15H14ClNO2/c16-13-9-5-4-8-12(13)15(17,14(18)19)10-11-6-2-1-3-7-11/h1-9H,10,17H2,(H,18,19)/t15-/m1/s1. The summed E-state index contributed by atoms with van der Waals surface area (Å²) in [6.45, 7) is 0. The molecule has 0 saturated heterocycles. The summed E-state index contributed by atoms with van der Waals surface area (Å²) in [5.74, 6) is -1.09. The first-order valence-corrected chi connectivity index (χ1v) is 6.23. The predicted molar refractivity (Wildman–Crippen MR) is 75.1 cm³/mol. The molecule has 0 unspecified atom stereocenters. The molecule has 98 valence electrons. The third-order valence-corrected chi connectivity index (χ3v) is 3.39. The summed E-state index contributed by atoms with van der Waals surface area (Å²) in [5, 5.41) is 9.85. The Kier molecular flexibility index (Phi) is 3.88. The predicted octanol–water partition coefficient (Wildman–Crippen LogP) is 2.82. The number of carboxylic acids is 1. The molecule has 0 aliphatic carbocycles. The van der Waals surface area contributed by atoms with Gasteiger partial charge in [0.25, 0.3) is 0 Å². The van der Waals surface area contributed by atoms with Gasteiger partial charge in [-0.2, -0.15) is 0 Å². The quantitative estimate of drug-likeness (QED) is 0.902. The zero-order chi connectivity index (χ0) is 13.9. The Labute approximate surface area is 116 Å². The van der Waals surface area contributed by atoms with Gasteiger partial charge in [-0.3, -0.25) is 0 Å². The van der Waals surface area contributed by atoms with Crippen molar-refractivity contribution in [3.05, 3.63) is 70.7 Å². The first-order chi connectivity index (χ1) is 9.04. The summed E-state index contributed by atoms with van der Waals surface area (Å²) in [5.41, 5.74) is 5.86. The molecule has 0 spiro atoms. The topological polar surface area (TPSA) is 63.3 Å². The van der Waals surface area contributed by atoms with Gasteiger partial charge in [-0.25, -0.2) is 4.79 Å². The molecule has 0 aromatic heterocycles. The number of carbonyl (C=O) groups is 1. The van der Waals surface area contributed by atoms with Gasteiger partial charge >= 0.3 is 5.97 Å². The van der Waals surface area contributed by atoms with Gasteiger partial charge in [-0.05, 0) is 11.6 Å². The van der Waals surface area contributed by atoms with E-state index >= 15 is 0 Å². The molecule has 0 heterocycles. The first-order valence-electron chi connectivity index (χ1n) is 5.85. The lowest BCUT2D eigenvalue weighted by Crippen LogP contribution is -2.47. The lowest BCUT2D eigenvalue weighted by Gasteiger charge is -2.26. The summed E-state index contributed by atoms with van der Waals surface area (Å²) >= 11 is 6.08. The SMILES string of the molecule is N[C@@](Cc1ccccc1)(C(=O)O)c1ccccc1Cl. The van der Waals surface area contributed by atoms with Gasteiger partial charge < -0.3 is 10.8 Å². The summed E-state index contributed by atoms with van der Waals surface area (Å²) in [6, 6.07) is 16.0. The molecular weight excluding hydrogens is 262 g/mol. The fourth-order valence-corrected chi connectivity index (χ4v) is 2.33. The third kappa shape index (κ3) is 2.78. The highest BCUT2D eigenvalue weighted by Crippen LogP contribution is 2.29. The molecule has 0 amide bonds. The summed E-state index contributed by atoms with van der Waals surface area (Å²) < 4.78 is 0. The average molecular weight is 276 g/mol. The van der Waals surface area contributed by atoms with Crippen molar-refractivity contribution >= 4 is 17.6 Å². The van der Waals surface area contributed by atoms with Gasteiger partial charge in [0, 0.05) is 17.0 Å². The van der Waals surface area contributed by atoms with Crippen molar-refractivity contribution in [1.82, 2.24) is 0 Å². The molecule has 0 aliphatic heterocycles. The molecule has 4 heteroatoms. The number of halogens is 1. The largest absolute Gasteiger partial charge is 0.480 e. The van der Waals surface area contributed by atoms with Crippen molar-refractivity contribution in [1.29, 1.82) is 0 Å². The van der Waals surface area contributed by atoms with E-state index in [0.29, 0.717) is 10.6 Å². The normalized spacial score (nSPS) is 13.8.